The van der Waals surface area contributed by atoms with Gasteiger partial charge in [-0.3, -0.25) is 18.7 Å². The maximum absolute atomic E-state index is 12.9. The Bertz CT molecular complexity index is 2340. The number of azo groups is 1. The van der Waals surface area contributed by atoms with E-state index in [2.05, 4.69) is 32.0 Å². The van der Waals surface area contributed by atoms with Crippen molar-refractivity contribution in [2.75, 3.05) is 34.4 Å². The number of halogens is 2. The molecule has 0 saturated heterocycles. The second kappa shape index (κ2) is 16.8. The summed E-state index contributed by atoms with van der Waals surface area (Å²) in [5.41, 5.74) is 1.67. The molecule has 0 unspecified atom stereocenters. The van der Waals surface area contributed by atoms with Gasteiger partial charge in [0.1, 0.15) is 23.0 Å². The molecule has 0 saturated carbocycles. The number of hydrogen-bond donors (Lipinski definition) is 4. The first kappa shape index (κ1) is 40.9. The minimum Gasteiger partial charge on any atom is -0.372 e. The van der Waals surface area contributed by atoms with E-state index in [1.54, 1.807) is 18.2 Å². The van der Waals surface area contributed by atoms with E-state index in [-0.39, 0.29) is 62.1 Å². The van der Waals surface area contributed by atoms with Crippen molar-refractivity contribution in [2.24, 2.45) is 10.2 Å². The summed E-state index contributed by atoms with van der Waals surface area (Å²) in [7, 11) is -8.69. The highest BCUT2D eigenvalue weighted by molar-refractivity contribution is 7.86. The van der Waals surface area contributed by atoms with E-state index in [9.17, 15) is 36.2 Å². The number of rotatable bonds is 14. The van der Waals surface area contributed by atoms with E-state index in [4.69, 9.17) is 27.8 Å². The Labute approximate surface area is 315 Å². The Morgan fingerprint density at radius 2 is 1.70 bits per heavy atom. The number of hydrogen-bond acceptors (Lipinski definition) is 11. The van der Waals surface area contributed by atoms with Crippen LogP contribution in [0.1, 0.15) is 61.6 Å². The van der Waals surface area contributed by atoms with Crippen molar-refractivity contribution < 1.29 is 35.5 Å². The molecule has 16 nitrogen and oxygen atoms in total. The predicted octanol–water partition coefficient (Wildman–Crippen LogP) is 7.15. The summed E-state index contributed by atoms with van der Waals surface area (Å²) in [5.74, 6) is -1.85. The summed E-state index contributed by atoms with van der Waals surface area (Å²) in [5, 5.41) is 28.8. The third-order valence-corrected chi connectivity index (χ3v) is 9.78. The van der Waals surface area contributed by atoms with Crippen LogP contribution in [0.25, 0.3) is 5.69 Å². The van der Waals surface area contributed by atoms with Crippen LogP contribution in [-0.2, 0) is 25.0 Å². The quantitative estimate of drug-likeness (QED) is 0.0737. The molecule has 1 aromatic heterocycles. The first-order valence-electron chi connectivity index (χ1n) is 15.8. The lowest BCUT2D eigenvalue weighted by Gasteiger charge is -2.24. The van der Waals surface area contributed by atoms with Crippen LogP contribution < -0.4 is 15.5 Å². The molecule has 0 spiro atoms. The van der Waals surface area contributed by atoms with Crippen molar-refractivity contribution in [3.8, 4) is 11.8 Å². The molecule has 0 fully saturated rings. The van der Waals surface area contributed by atoms with Gasteiger partial charge in [0.05, 0.1) is 32.1 Å². The molecule has 53 heavy (non-hydrogen) atoms. The highest BCUT2D eigenvalue weighted by Gasteiger charge is 2.25. The van der Waals surface area contributed by atoms with Gasteiger partial charge in [0.2, 0.25) is 5.91 Å². The van der Waals surface area contributed by atoms with E-state index in [1.165, 1.54) is 35.9 Å². The van der Waals surface area contributed by atoms with Crippen LogP contribution >= 0.6 is 23.2 Å². The standard InChI is InChI=1S/C33H34Cl2N8O8S2/c1-5-42(12-7-13-52(46,47)48)23-10-11-28(29(17-23)37-20(4)44)39-40-32-25(18-36)30(19(2)3)41-43(32)31-26(34)15-22(16-27(31)35)38-33(45)21-8-6-9-24(14-21)53(49,50)51/h6,8-11,14-17,19H,5,7,12-13H2,1-4H3,(H,37,44)(H,38,45)(H,46,47,48)(H,49,50,51)/b40-39+. The Balaban J connectivity index is 1.75. The lowest BCUT2D eigenvalue weighted by molar-refractivity contribution is -0.114. The molecule has 20 heteroatoms. The molecule has 0 atom stereocenters. The molecular formula is C33H34Cl2N8O8S2. The lowest BCUT2D eigenvalue weighted by Crippen LogP contribution is -2.25. The number of nitrogens with zero attached hydrogens (tertiary/aromatic N) is 6. The van der Waals surface area contributed by atoms with Gasteiger partial charge in [-0.1, -0.05) is 43.1 Å². The molecule has 0 aliphatic heterocycles. The number of amides is 2. The second-order valence-electron chi connectivity index (χ2n) is 11.8. The van der Waals surface area contributed by atoms with Crippen molar-refractivity contribution in [1.82, 2.24) is 9.78 Å². The third kappa shape index (κ3) is 10.4. The van der Waals surface area contributed by atoms with Crippen LogP contribution in [0.4, 0.5) is 28.6 Å². The van der Waals surface area contributed by atoms with Crippen LogP contribution in [0.2, 0.25) is 10.0 Å². The zero-order chi connectivity index (χ0) is 39.2. The largest absolute Gasteiger partial charge is 0.372 e. The zero-order valence-electron chi connectivity index (χ0n) is 28.7. The van der Waals surface area contributed by atoms with Crippen LogP contribution in [0, 0.1) is 11.3 Å². The molecule has 0 bridgehead atoms. The van der Waals surface area contributed by atoms with Crippen molar-refractivity contribution in [2.45, 2.75) is 44.9 Å². The van der Waals surface area contributed by atoms with E-state index >= 15 is 0 Å². The van der Waals surface area contributed by atoms with Gasteiger partial charge in [0.25, 0.3) is 26.1 Å². The lowest BCUT2D eigenvalue weighted by atomic mass is 10.1. The van der Waals surface area contributed by atoms with Crippen LogP contribution in [0.5, 0.6) is 0 Å². The van der Waals surface area contributed by atoms with Crippen molar-refractivity contribution in [1.29, 1.82) is 5.26 Å². The second-order valence-corrected chi connectivity index (χ2v) is 15.6. The molecule has 4 aromatic rings. The molecular weight excluding hydrogens is 771 g/mol. The van der Waals surface area contributed by atoms with Crippen LogP contribution in [0.15, 0.2) is 69.7 Å². The Morgan fingerprint density at radius 1 is 1.02 bits per heavy atom. The summed E-state index contributed by atoms with van der Waals surface area (Å²) >= 11 is 13.4. The van der Waals surface area contributed by atoms with Gasteiger partial charge in [0, 0.05) is 37.0 Å². The smallest absolute Gasteiger partial charge is 0.294 e. The first-order chi connectivity index (χ1) is 24.8. The number of nitriles is 1. The number of aromatic nitrogens is 2. The van der Waals surface area contributed by atoms with Gasteiger partial charge in [-0.05, 0) is 67.8 Å². The molecule has 4 N–H and O–H groups in total. The van der Waals surface area contributed by atoms with Crippen LogP contribution in [0.3, 0.4) is 0 Å². The van der Waals surface area contributed by atoms with Gasteiger partial charge in [0.15, 0.2) is 5.82 Å². The summed E-state index contributed by atoms with van der Waals surface area (Å²) in [6.45, 7) is 7.58. The summed E-state index contributed by atoms with van der Waals surface area (Å²) in [6.07, 6.45) is 0.159. The minimum absolute atomic E-state index is 0.0184. The molecule has 280 valence electrons. The topological polar surface area (TPSA) is 237 Å². The Kier molecular flexibility index (Phi) is 13.0. The number of carbonyl (C=O) groups is 2. The van der Waals surface area contributed by atoms with Gasteiger partial charge in [-0.25, -0.2) is 4.68 Å². The maximum atomic E-state index is 12.9. The fraction of sp³-hybridized carbons (Fsp3) is 0.273. The molecule has 2 amide bonds. The molecule has 4 rings (SSSR count). The summed E-state index contributed by atoms with van der Waals surface area (Å²) in [4.78, 5) is 26.5. The molecule has 0 aliphatic rings. The number of anilines is 3. The monoisotopic (exact) mass is 804 g/mol. The number of benzene rings is 3. The van der Waals surface area contributed by atoms with Gasteiger partial charge in [-0.15, -0.1) is 10.2 Å². The average Bonchev–Trinajstić information content (AvgIpc) is 3.43. The zero-order valence-corrected chi connectivity index (χ0v) is 31.8. The molecule has 1 heterocycles. The number of nitrogens with one attached hydrogen (secondary N) is 2. The van der Waals surface area contributed by atoms with Gasteiger partial charge in [-0.2, -0.15) is 27.2 Å². The fourth-order valence-corrected chi connectivity index (χ4v) is 6.80. The van der Waals surface area contributed by atoms with E-state index in [1.807, 2.05) is 25.7 Å². The van der Waals surface area contributed by atoms with Crippen molar-refractivity contribution >= 4 is 83.8 Å². The van der Waals surface area contributed by atoms with Crippen molar-refractivity contribution in [3.63, 3.8) is 0 Å². The maximum Gasteiger partial charge on any atom is 0.294 e. The SMILES string of the molecule is CCN(CCCS(=O)(=O)O)c1ccc(/N=N/c2c(C#N)c(C(C)C)nn2-c2c(Cl)cc(NC(=O)c3cccc(S(=O)(=O)O)c3)cc2Cl)c(NC(C)=O)c1. The Hall–Kier alpha value is -4.90. The van der Waals surface area contributed by atoms with Crippen LogP contribution in [-0.4, -0.2) is 66.4 Å². The fourth-order valence-electron chi connectivity index (χ4n) is 5.13. The molecule has 0 radical (unpaired) electrons. The van der Waals surface area contributed by atoms with Gasteiger partial charge < -0.3 is 15.5 Å². The first-order valence-corrected chi connectivity index (χ1v) is 19.6. The summed E-state index contributed by atoms with van der Waals surface area (Å²) in [6, 6.07) is 14.5. The minimum atomic E-state index is -4.56. The molecule has 3 aromatic carbocycles. The number of carbonyl (C=O) groups excluding carboxylic acids is 2. The predicted molar refractivity (Wildman–Crippen MR) is 200 cm³/mol. The van der Waals surface area contributed by atoms with E-state index in [0.29, 0.717) is 24.5 Å². The highest BCUT2D eigenvalue weighted by atomic mass is 35.5. The highest BCUT2D eigenvalue weighted by Crippen LogP contribution is 2.39. The summed E-state index contributed by atoms with van der Waals surface area (Å²) < 4.78 is 65.2. The normalized spacial score (nSPS) is 11.8. The molecule has 0 aliphatic carbocycles. The van der Waals surface area contributed by atoms with Gasteiger partial charge >= 0.3 is 0 Å². The van der Waals surface area contributed by atoms with E-state index < -0.39 is 42.7 Å². The van der Waals surface area contributed by atoms with E-state index in [0.717, 1.165) is 12.1 Å². The van der Waals surface area contributed by atoms with Crippen molar-refractivity contribution in [3.05, 3.63) is 81.5 Å². The average molecular weight is 806 g/mol. The Morgan fingerprint density at radius 3 is 2.26 bits per heavy atom. The third-order valence-electron chi connectivity index (χ3n) is 7.55.